The van der Waals surface area contributed by atoms with Crippen LogP contribution < -0.4 is 4.90 Å². The van der Waals surface area contributed by atoms with Crippen LogP contribution in [0.15, 0.2) is 66.9 Å². The van der Waals surface area contributed by atoms with E-state index >= 15 is 0 Å². The largest absolute Gasteiger partial charge is 0.481 e. The zero-order valence-electron chi connectivity index (χ0n) is 16.1. The summed E-state index contributed by atoms with van der Waals surface area (Å²) >= 11 is 0. The molecule has 3 aromatic rings. The van der Waals surface area contributed by atoms with Crippen LogP contribution in [0.2, 0.25) is 0 Å². The molecule has 28 heavy (non-hydrogen) atoms. The second-order valence-corrected chi connectivity index (χ2v) is 6.78. The number of anilines is 1. The Balaban J connectivity index is 1.81. The van der Waals surface area contributed by atoms with Crippen LogP contribution in [0.3, 0.4) is 0 Å². The van der Waals surface area contributed by atoms with Gasteiger partial charge in [-0.3, -0.25) is 9.78 Å². The van der Waals surface area contributed by atoms with Crippen molar-refractivity contribution in [3.8, 4) is 22.5 Å². The minimum atomic E-state index is -0.733. The fraction of sp³-hybridized carbons (Fsp3) is 0.261. The Kier molecular flexibility index (Phi) is 6.73. The fourth-order valence-electron chi connectivity index (χ4n) is 3.08. The Hall–Kier alpha value is -3.21. The second-order valence-electron chi connectivity index (χ2n) is 6.78. The van der Waals surface area contributed by atoms with Crippen LogP contribution >= 0.6 is 0 Å². The molecule has 0 aliphatic rings. The first-order valence-electron chi connectivity index (χ1n) is 9.56. The topological polar surface area (TPSA) is 66.3 Å². The fourth-order valence-corrected chi connectivity index (χ4v) is 3.08. The van der Waals surface area contributed by atoms with Crippen LogP contribution in [0.25, 0.3) is 22.5 Å². The van der Waals surface area contributed by atoms with Crippen LogP contribution in [0.1, 0.15) is 25.7 Å². The van der Waals surface area contributed by atoms with E-state index in [1.807, 2.05) is 73.9 Å². The molecule has 0 unspecified atom stereocenters. The van der Waals surface area contributed by atoms with Gasteiger partial charge in [-0.1, -0.05) is 67.1 Å². The minimum Gasteiger partial charge on any atom is -0.481 e. The summed E-state index contributed by atoms with van der Waals surface area (Å²) in [6, 6.07) is 20.2. The quantitative estimate of drug-likeness (QED) is 0.539. The number of unbranched alkanes of at least 4 members (excludes halogenated alkanes) is 2. The molecule has 3 rings (SSSR count). The summed E-state index contributed by atoms with van der Waals surface area (Å²) in [5.41, 5.74) is 3.80. The molecule has 5 heteroatoms. The smallest absolute Gasteiger partial charge is 0.303 e. The van der Waals surface area contributed by atoms with Gasteiger partial charge >= 0.3 is 5.97 Å². The van der Waals surface area contributed by atoms with Crippen LogP contribution in [0.4, 0.5) is 5.82 Å². The van der Waals surface area contributed by atoms with Gasteiger partial charge in [0.05, 0.1) is 17.6 Å². The van der Waals surface area contributed by atoms with Crippen molar-refractivity contribution < 1.29 is 9.90 Å². The van der Waals surface area contributed by atoms with Crippen LogP contribution in [0, 0.1) is 0 Å². The number of hydrogen-bond donors (Lipinski definition) is 1. The Morgan fingerprint density at radius 1 is 0.893 bits per heavy atom. The molecule has 0 aliphatic carbocycles. The van der Waals surface area contributed by atoms with Gasteiger partial charge in [0.1, 0.15) is 5.82 Å². The monoisotopic (exact) mass is 375 g/mol. The first kappa shape index (κ1) is 19.5. The van der Waals surface area contributed by atoms with Crippen LogP contribution in [-0.2, 0) is 4.79 Å². The lowest BCUT2D eigenvalue weighted by Crippen LogP contribution is -2.20. The number of carboxylic acids is 1. The van der Waals surface area contributed by atoms with Gasteiger partial charge in [-0.25, -0.2) is 4.98 Å². The van der Waals surface area contributed by atoms with Gasteiger partial charge in [0, 0.05) is 31.1 Å². The van der Waals surface area contributed by atoms with E-state index in [1.165, 1.54) is 0 Å². The number of aliphatic carboxylic acids is 1. The van der Waals surface area contributed by atoms with Crippen molar-refractivity contribution in [1.82, 2.24) is 9.97 Å². The molecule has 1 N–H and O–H groups in total. The van der Waals surface area contributed by atoms with E-state index in [0.717, 1.165) is 47.7 Å². The predicted molar refractivity (Wildman–Crippen MR) is 112 cm³/mol. The van der Waals surface area contributed by atoms with Crippen molar-refractivity contribution in [2.45, 2.75) is 25.7 Å². The molecular formula is C23H25N3O2. The van der Waals surface area contributed by atoms with Crippen LogP contribution in [-0.4, -0.2) is 34.6 Å². The molecule has 0 aliphatic heterocycles. The summed E-state index contributed by atoms with van der Waals surface area (Å²) in [5, 5.41) is 8.73. The van der Waals surface area contributed by atoms with E-state index in [1.54, 1.807) is 0 Å². The first-order valence-corrected chi connectivity index (χ1v) is 9.56. The molecule has 5 nitrogen and oxygen atoms in total. The van der Waals surface area contributed by atoms with E-state index in [0.29, 0.717) is 6.42 Å². The molecule has 1 heterocycles. The van der Waals surface area contributed by atoms with Gasteiger partial charge in [0.15, 0.2) is 0 Å². The maximum absolute atomic E-state index is 10.6. The zero-order chi connectivity index (χ0) is 19.8. The molecule has 144 valence electrons. The predicted octanol–water partition coefficient (Wildman–Crippen LogP) is 4.89. The average molecular weight is 375 g/mol. The summed E-state index contributed by atoms with van der Waals surface area (Å²) in [6.07, 6.45) is 4.56. The molecule has 2 aromatic carbocycles. The number of rotatable bonds is 9. The summed E-state index contributed by atoms with van der Waals surface area (Å²) in [6.45, 7) is 0.813. The third kappa shape index (κ3) is 5.16. The van der Waals surface area contributed by atoms with Gasteiger partial charge in [0.2, 0.25) is 0 Å². The number of benzene rings is 2. The minimum absolute atomic E-state index is 0.230. The molecule has 1 aromatic heterocycles. The Labute approximate surface area is 165 Å². The number of hydrogen-bond acceptors (Lipinski definition) is 4. The SMILES string of the molecule is CN(CCCCCC(=O)O)c1cnc(-c2ccccc2)c(-c2ccccc2)n1. The highest BCUT2D eigenvalue weighted by Crippen LogP contribution is 2.30. The number of nitrogens with zero attached hydrogens (tertiary/aromatic N) is 3. The van der Waals surface area contributed by atoms with Gasteiger partial charge in [-0.05, 0) is 12.8 Å². The highest BCUT2D eigenvalue weighted by molar-refractivity contribution is 5.78. The van der Waals surface area contributed by atoms with E-state index < -0.39 is 5.97 Å². The molecule has 0 saturated carbocycles. The van der Waals surface area contributed by atoms with Crippen molar-refractivity contribution >= 4 is 11.8 Å². The van der Waals surface area contributed by atoms with Crippen LogP contribution in [0.5, 0.6) is 0 Å². The Bertz CT molecular complexity index is 898. The normalized spacial score (nSPS) is 10.6. The molecule has 0 fully saturated rings. The average Bonchev–Trinajstić information content (AvgIpc) is 2.74. The maximum Gasteiger partial charge on any atom is 0.303 e. The molecule has 0 spiro atoms. The lowest BCUT2D eigenvalue weighted by molar-refractivity contribution is -0.137. The number of carbonyl (C=O) groups is 1. The molecule has 0 amide bonds. The molecule has 0 atom stereocenters. The van der Waals surface area contributed by atoms with Gasteiger partial charge in [-0.2, -0.15) is 0 Å². The highest BCUT2D eigenvalue weighted by Gasteiger charge is 2.13. The van der Waals surface area contributed by atoms with Crippen molar-refractivity contribution in [2.75, 3.05) is 18.5 Å². The van der Waals surface area contributed by atoms with Crippen molar-refractivity contribution in [1.29, 1.82) is 0 Å². The van der Waals surface area contributed by atoms with Gasteiger partial charge < -0.3 is 10.0 Å². The maximum atomic E-state index is 10.6. The van der Waals surface area contributed by atoms with Gasteiger partial charge in [0.25, 0.3) is 0 Å². The van der Waals surface area contributed by atoms with E-state index in [-0.39, 0.29) is 6.42 Å². The standard InChI is InChI=1S/C23H25N3O2/c1-26(16-10-4-9-15-21(27)28)20-17-24-22(18-11-5-2-6-12-18)23(25-20)19-13-7-3-8-14-19/h2-3,5-8,11-14,17H,4,9-10,15-16H2,1H3,(H,27,28). The van der Waals surface area contributed by atoms with E-state index in [2.05, 4.69) is 4.90 Å². The third-order valence-corrected chi connectivity index (χ3v) is 4.63. The molecule has 0 radical (unpaired) electrons. The van der Waals surface area contributed by atoms with Crippen molar-refractivity contribution in [3.05, 3.63) is 66.9 Å². The first-order chi connectivity index (χ1) is 13.6. The molecular weight excluding hydrogens is 350 g/mol. The third-order valence-electron chi connectivity index (χ3n) is 4.63. The van der Waals surface area contributed by atoms with Crippen molar-refractivity contribution in [3.63, 3.8) is 0 Å². The number of carboxylic acid groups (broad SMARTS) is 1. The summed E-state index contributed by atoms with van der Waals surface area (Å²) in [5.74, 6) is 0.0833. The number of aromatic nitrogens is 2. The second kappa shape index (κ2) is 9.65. The highest BCUT2D eigenvalue weighted by atomic mass is 16.4. The lowest BCUT2D eigenvalue weighted by Gasteiger charge is -2.19. The lowest BCUT2D eigenvalue weighted by atomic mass is 10.0. The van der Waals surface area contributed by atoms with E-state index in [4.69, 9.17) is 15.1 Å². The summed E-state index contributed by atoms with van der Waals surface area (Å²) in [4.78, 5) is 22.3. The molecule has 0 saturated heterocycles. The Morgan fingerprint density at radius 3 is 2.11 bits per heavy atom. The molecule has 0 bridgehead atoms. The van der Waals surface area contributed by atoms with Crippen molar-refractivity contribution in [2.24, 2.45) is 0 Å². The Morgan fingerprint density at radius 2 is 1.50 bits per heavy atom. The summed E-state index contributed by atoms with van der Waals surface area (Å²) in [7, 11) is 2.00. The van der Waals surface area contributed by atoms with E-state index in [9.17, 15) is 4.79 Å². The summed E-state index contributed by atoms with van der Waals surface area (Å²) < 4.78 is 0. The zero-order valence-corrected chi connectivity index (χ0v) is 16.1. The van der Waals surface area contributed by atoms with Gasteiger partial charge in [-0.15, -0.1) is 0 Å².